The molecule has 1 aromatic heterocycles. The van der Waals surface area contributed by atoms with Gasteiger partial charge in [0.25, 0.3) is 0 Å². The van der Waals surface area contributed by atoms with Gasteiger partial charge in [0.05, 0.1) is 9.88 Å². The van der Waals surface area contributed by atoms with Crippen LogP contribution in [0.4, 0.5) is 0 Å². The Balaban J connectivity index is 1.96. The van der Waals surface area contributed by atoms with Crippen LogP contribution in [0, 0.1) is 6.07 Å². The third-order valence-corrected chi connectivity index (χ3v) is 3.62. The van der Waals surface area contributed by atoms with Crippen LogP contribution in [0.15, 0.2) is 30.5 Å². The van der Waals surface area contributed by atoms with Crippen molar-refractivity contribution in [1.82, 2.24) is 4.98 Å². The first-order chi connectivity index (χ1) is 6.93. The molecule has 69 valence electrons. The highest BCUT2D eigenvalue weighted by molar-refractivity contribution is 7.15. The zero-order chi connectivity index (χ0) is 9.38. The molecule has 0 N–H and O–H groups in total. The zero-order valence-corrected chi connectivity index (χ0v) is 8.55. The molecule has 1 heterocycles. The lowest BCUT2D eigenvalue weighted by Crippen LogP contribution is -1.70. The summed E-state index contributed by atoms with van der Waals surface area (Å²) < 4.78 is 0. The second kappa shape index (κ2) is 3.21. The van der Waals surface area contributed by atoms with Crippen LogP contribution in [0.25, 0.3) is 10.4 Å². The average Bonchev–Trinajstić information content (AvgIpc) is 2.98. The summed E-state index contributed by atoms with van der Waals surface area (Å²) in [5.74, 6) is 0.762. The summed E-state index contributed by atoms with van der Waals surface area (Å²) in [6.07, 6.45) is 4.63. The van der Waals surface area contributed by atoms with E-state index in [1.165, 1.54) is 22.7 Å². The Kier molecular flexibility index (Phi) is 1.88. The molecule has 1 aliphatic carbocycles. The maximum absolute atomic E-state index is 4.45. The number of aromatic nitrogens is 1. The van der Waals surface area contributed by atoms with E-state index in [9.17, 15) is 0 Å². The van der Waals surface area contributed by atoms with Crippen molar-refractivity contribution in [3.8, 4) is 10.4 Å². The number of hydrogen-bond donors (Lipinski definition) is 0. The number of benzene rings is 1. The molecule has 0 unspecified atom stereocenters. The van der Waals surface area contributed by atoms with Crippen molar-refractivity contribution in [2.45, 2.75) is 18.8 Å². The van der Waals surface area contributed by atoms with Crippen LogP contribution in [0.3, 0.4) is 0 Å². The highest BCUT2D eigenvalue weighted by Crippen LogP contribution is 2.43. The van der Waals surface area contributed by atoms with E-state index in [4.69, 9.17) is 0 Å². The fourth-order valence-corrected chi connectivity index (χ4v) is 2.55. The molecular formula is C12H10NS. The summed E-state index contributed by atoms with van der Waals surface area (Å²) in [4.78, 5) is 5.70. The van der Waals surface area contributed by atoms with Gasteiger partial charge in [-0.3, -0.25) is 0 Å². The summed E-state index contributed by atoms with van der Waals surface area (Å²) in [6, 6.07) is 11.3. The molecule has 0 saturated heterocycles. The van der Waals surface area contributed by atoms with Crippen molar-refractivity contribution < 1.29 is 0 Å². The molecule has 0 spiro atoms. The van der Waals surface area contributed by atoms with Gasteiger partial charge in [-0.2, -0.15) is 0 Å². The molecule has 2 aromatic rings. The van der Waals surface area contributed by atoms with Gasteiger partial charge in [0.1, 0.15) is 0 Å². The average molecular weight is 200 g/mol. The Bertz CT molecular complexity index is 429. The minimum Gasteiger partial charge on any atom is -0.249 e. The SMILES string of the molecule is [c]1ccccc1-c1cnc(C2CC2)s1. The molecule has 1 radical (unpaired) electrons. The Hall–Kier alpha value is -1.15. The van der Waals surface area contributed by atoms with Crippen molar-refractivity contribution >= 4 is 11.3 Å². The Morgan fingerprint density at radius 2 is 2.29 bits per heavy atom. The molecule has 1 aliphatic rings. The summed E-state index contributed by atoms with van der Waals surface area (Å²) in [6.45, 7) is 0. The molecule has 0 atom stereocenters. The van der Waals surface area contributed by atoms with Gasteiger partial charge in [-0.1, -0.05) is 24.3 Å². The third-order valence-electron chi connectivity index (χ3n) is 2.42. The molecule has 14 heavy (non-hydrogen) atoms. The number of rotatable bonds is 2. The maximum atomic E-state index is 4.45. The van der Waals surface area contributed by atoms with Crippen molar-refractivity contribution in [3.63, 3.8) is 0 Å². The molecule has 1 aromatic carbocycles. The predicted molar refractivity (Wildman–Crippen MR) is 58.4 cm³/mol. The van der Waals surface area contributed by atoms with Crippen molar-refractivity contribution in [1.29, 1.82) is 0 Å². The van der Waals surface area contributed by atoms with Gasteiger partial charge in [0.15, 0.2) is 0 Å². The summed E-state index contributed by atoms with van der Waals surface area (Å²) in [5, 5.41) is 1.30. The largest absolute Gasteiger partial charge is 0.249 e. The second-order valence-electron chi connectivity index (χ2n) is 3.61. The van der Waals surface area contributed by atoms with Gasteiger partial charge in [-0.15, -0.1) is 11.3 Å². The monoisotopic (exact) mass is 200 g/mol. The Morgan fingerprint density at radius 1 is 1.36 bits per heavy atom. The van der Waals surface area contributed by atoms with E-state index in [0.29, 0.717) is 0 Å². The number of thiazole rings is 1. The molecular weight excluding hydrogens is 190 g/mol. The first-order valence-electron chi connectivity index (χ1n) is 4.86. The minimum absolute atomic E-state index is 0.762. The lowest BCUT2D eigenvalue weighted by Gasteiger charge is -1.92. The Morgan fingerprint density at radius 3 is 3.00 bits per heavy atom. The van der Waals surface area contributed by atoms with Gasteiger partial charge in [-0.25, -0.2) is 4.98 Å². The predicted octanol–water partition coefficient (Wildman–Crippen LogP) is 3.49. The van der Waals surface area contributed by atoms with E-state index < -0.39 is 0 Å². The van der Waals surface area contributed by atoms with Crippen molar-refractivity contribution in [2.24, 2.45) is 0 Å². The molecule has 1 fully saturated rings. The van der Waals surface area contributed by atoms with E-state index in [-0.39, 0.29) is 0 Å². The normalized spacial score (nSPS) is 15.7. The smallest absolute Gasteiger partial charge is 0.0962 e. The molecule has 1 saturated carbocycles. The van der Waals surface area contributed by atoms with Crippen LogP contribution in [-0.4, -0.2) is 4.98 Å². The second-order valence-corrected chi connectivity index (χ2v) is 4.68. The molecule has 0 bridgehead atoms. The first-order valence-corrected chi connectivity index (χ1v) is 5.68. The summed E-state index contributed by atoms with van der Waals surface area (Å²) in [5.41, 5.74) is 1.16. The fourth-order valence-electron chi connectivity index (χ4n) is 1.48. The highest BCUT2D eigenvalue weighted by atomic mass is 32.1. The van der Waals surface area contributed by atoms with Crippen LogP contribution >= 0.6 is 11.3 Å². The van der Waals surface area contributed by atoms with Gasteiger partial charge in [-0.05, 0) is 18.9 Å². The summed E-state index contributed by atoms with van der Waals surface area (Å²) in [7, 11) is 0. The Labute approximate surface area is 87.4 Å². The maximum Gasteiger partial charge on any atom is 0.0962 e. The molecule has 0 amide bonds. The van der Waals surface area contributed by atoms with E-state index in [0.717, 1.165) is 11.5 Å². The van der Waals surface area contributed by atoms with Crippen molar-refractivity contribution in [3.05, 3.63) is 41.5 Å². The van der Waals surface area contributed by atoms with Gasteiger partial charge < -0.3 is 0 Å². The van der Waals surface area contributed by atoms with Gasteiger partial charge in [0, 0.05) is 17.7 Å². The number of hydrogen-bond acceptors (Lipinski definition) is 2. The van der Waals surface area contributed by atoms with Crippen LogP contribution in [0.1, 0.15) is 23.8 Å². The molecule has 0 aliphatic heterocycles. The highest BCUT2D eigenvalue weighted by Gasteiger charge is 2.26. The lowest BCUT2D eigenvalue weighted by molar-refractivity contribution is 1.08. The molecule has 3 rings (SSSR count). The first kappa shape index (κ1) is 8.18. The fraction of sp³-hybridized carbons (Fsp3) is 0.250. The van der Waals surface area contributed by atoms with Gasteiger partial charge in [0.2, 0.25) is 0 Å². The van der Waals surface area contributed by atoms with E-state index in [1.54, 1.807) is 0 Å². The molecule has 2 heteroatoms. The van der Waals surface area contributed by atoms with E-state index >= 15 is 0 Å². The van der Waals surface area contributed by atoms with E-state index in [1.807, 2.05) is 35.7 Å². The van der Waals surface area contributed by atoms with Crippen LogP contribution in [0.5, 0.6) is 0 Å². The van der Waals surface area contributed by atoms with Gasteiger partial charge >= 0.3 is 0 Å². The quantitative estimate of drug-likeness (QED) is 0.723. The van der Waals surface area contributed by atoms with Crippen LogP contribution in [-0.2, 0) is 0 Å². The standard InChI is InChI=1S/C12H10NS/c1-2-4-9(5-3-1)11-8-13-12(14-11)10-6-7-10/h1-4,8,10H,6-7H2. The zero-order valence-electron chi connectivity index (χ0n) is 7.73. The summed E-state index contributed by atoms with van der Waals surface area (Å²) >= 11 is 1.81. The van der Waals surface area contributed by atoms with Crippen LogP contribution < -0.4 is 0 Å². The minimum atomic E-state index is 0.762. The number of nitrogens with zero attached hydrogens (tertiary/aromatic N) is 1. The lowest BCUT2D eigenvalue weighted by atomic mass is 10.2. The third kappa shape index (κ3) is 1.46. The van der Waals surface area contributed by atoms with Crippen molar-refractivity contribution in [2.75, 3.05) is 0 Å². The molecule has 1 nitrogen and oxygen atoms in total. The van der Waals surface area contributed by atoms with Crippen LogP contribution in [0.2, 0.25) is 0 Å². The van der Waals surface area contributed by atoms with E-state index in [2.05, 4.69) is 17.1 Å². The topological polar surface area (TPSA) is 12.9 Å².